The normalized spacial score (nSPS) is 12.9. The zero-order valence-electron chi connectivity index (χ0n) is 17.4. The second-order valence-corrected chi connectivity index (χ2v) is 9.93. The number of nitrogens with zero attached hydrogens (tertiary/aromatic N) is 1. The molecule has 0 saturated carbocycles. The summed E-state index contributed by atoms with van der Waals surface area (Å²) in [6, 6.07) is 9.11. The first-order valence-electron chi connectivity index (χ1n) is 9.51. The minimum Gasteiger partial charge on any atom is -0.351 e. The van der Waals surface area contributed by atoms with Crippen molar-refractivity contribution in [3.63, 3.8) is 0 Å². The van der Waals surface area contributed by atoms with Crippen LogP contribution in [0, 0.1) is 5.82 Å². The van der Waals surface area contributed by atoms with Gasteiger partial charge in [0, 0.05) is 6.54 Å². The summed E-state index contributed by atoms with van der Waals surface area (Å²) < 4.78 is 78.1. The van der Waals surface area contributed by atoms with E-state index in [1.165, 1.54) is 36.5 Å². The third-order valence-electron chi connectivity index (χ3n) is 4.66. The highest BCUT2D eigenvalue weighted by Gasteiger charge is 2.33. The predicted octanol–water partition coefficient (Wildman–Crippen LogP) is 4.76. The number of hydrogen-bond acceptors (Lipinski definition) is 5. The van der Waals surface area contributed by atoms with E-state index < -0.39 is 39.5 Å². The second-order valence-electron chi connectivity index (χ2n) is 7.23. The molecule has 3 rings (SSSR count). The van der Waals surface area contributed by atoms with E-state index in [0.29, 0.717) is 16.0 Å². The Morgan fingerprint density at radius 2 is 1.91 bits per heavy atom. The molecule has 0 aliphatic carbocycles. The number of rotatable bonds is 7. The first-order valence-corrected chi connectivity index (χ1v) is 12.3. The fourth-order valence-electron chi connectivity index (χ4n) is 2.99. The van der Waals surface area contributed by atoms with Gasteiger partial charge in [0.05, 0.1) is 28.4 Å². The summed E-state index contributed by atoms with van der Waals surface area (Å²) in [4.78, 5) is 16.9. The molecular weight excluding hydrogens is 482 g/mol. The van der Waals surface area contributed by atoms with Crippen LogP contribution in [0.1, 0.15) is 29.7 Å². The van der Waals surface area contributed by atoms with E-state index in [1.807, 2.05) is 4.72 Å². The quantitative estimate of drug-likeness (QED) is 0.457. The first kappa shape index (κ1) is 24.6. The van der Waals surface area contributed by atoms with E-state index in [2.05, 4.69) is 10.3 Å². The number of benzene rings is 1. The molecule has 2 heterocycles. The maximum absolute atomic E-state index is 14.2. The van der Waals surface area contributed by atoms with Crippen LogP contribution in [-0.2, 0) is 27.5 Å². The number of hydrogen-bond donors (Lipinski definition) is 2. The lowest BCUT2D eigenvalue weighted by Crippen LogP contribution is -2.28. The molecular formula is C21H19F4N3O3S2. The fourth-order valence-corrected chi connectivity index (χ4v) is 4.30. The summed E-state index contributed by atoms with van der Waals surface area (Å²) in [5, 5.41) is 4.35. The van der Waals surface area contributed by atoms with E-state index in [1.54, 1.807) is 17.5 Å². The van der Waals surface area contributed by atoms with Crippen molar-refractivity contribution in [3.05, 3.63) is 70.5 Å². The summed E-state index contributed by atoms with van der Waals surface area (Å²) in [6.45, 7) is 1.44. The lowest BCUT2D eigenvalue weighted by molar-refractivity contribution is -0.141. The average Bonchev–Trinajstić information content (AvgIpc) is 3.26. The highest BCUT2D eigenvalue weighted by atomic mass is 32.2. The number of aromatic nitrogens is 1. The molecule has 2 aromatic heterocycles. The molecule has 0 saturated heterocycles. The maximum atomic E-state index is 14.2. The Balaban J connectivity index is 1.77. The van der Waals surface area contributed by atoms with Crippen molar-refractivity contribution < 1.29 is 30.8 Å². The van der Waals surface area contributed by atoms with Crippen molar-refractivity contribution in [2.45, 2.75) is 25.6 Å². The smallest absolute Gasteiger partial charge is 0.351 e. The second kappa shape index (κ2) is 9.48. The molecule has 0 aliphatic heterocycles. The Bertz CT molecular complexity index is 1260. The third kappa shape index (κ3) is 6.29. The van der Waals surface area contributed by atoms with Crippen LogP contribution in [-0.4, -0.2) is 25.6 Å². The number of nitrogens with one attached hydrogen (secondary N) is 2. The minimum atomic E-state index is -4.61. The Labute approximate surface area is 191 Å². The molecule has 1 atom stereocenters. The Morgan fingerprint density at radius 1 is 1.18 bits per heavy atom. The zero-order valence-corrected chi connectivity index (χ0v) is 19.0. The SMILES string of the molecule is CC(C(=O)NCc1ccc(C(F)(F)F)nc1-c1cccs1)c1ccc(NS(C)(=O)=O)c(F)c1. The van der Waals surface area contributed by atoms with Gasteiger partial charge in [-0.2, -0.15) is 13.2 Å². The molecule has 176 valence electrons. The number of halogens is 4. The number of alkyl halides is 3. The number of carbonyl (C=O) groups excluding carboxylic acids is 1. The Kier molecular flexibility index (Phi) is 7.08. The molecule has 0 bridgehead atoms. The van der Waals surface area contributed by atoms with Crippen molar-refractivity contribution in [2.24, 2.45) is 0 Å². The lowest BCUT2D eigenvalue weighted by atomic mass is 9.99. The molecule has 0 spiro atoms. The summed E-state index contributed by atoms with van der Waals surface area (Å²) in [6.07, 6.45) is -3.72. The van der Waals surface area contributed by atoms with Gasteiger partial charge in [-0.05, 0) is 47.7 Å². The third-order valence-corrected chi connectivity index (χ3v) is 6.13. The van der Waals surface area contributed by atoms with Crippen LogP contribution in [0.3, 0.4) is 0 Å². The van der Waals surface area contributed by atoms with Gasteiger partial charge in [0.1, 0.15) is 11.5 Å². The standard InChI is InChI=1S/C21H19F4N3O3S2/c1-12(13-5-7-16(15(22)10-13)28-33(2,30)31)20(29)26-11-14-6-8-18(21(23,24)25)27-19(14)17-4-3-9-32-17/h3-10,12,28H,11H2,1-2H3,(H,26,29). The average molecular weight is 502 g/mol. The largest absolute Gasteiger partial charge is 0.433 e. The number of thiophene rings is 1. The number of carbonyl (C=O) groups is 1. The number of amides is 1. The van der Waals surface area contributed by atoms with Crippen LogP contribution in [0.4, 0.5) is 23.2 Å². The van der Waals surface area contributed by atoms with Gasteiger partial charge in [0.25, 0.3) is 0 Å². The van der Waals surface area contributed by atoms with Crippen molar-refractivity contribution >= 4 is 33.0 Å². The van der Waals surface area contributed by atoms with Crippen LogP contribution in [0.5, 0.6) is 0 Å². The van der Waals surface area contributed by atoms with Crippen LogP contribution < -0.4 is 10.0 Å². The molecule has 0 radical (unpaired) electrons. The van der Waals surface area contributed by atoms with E-state index in [4.69, 9.17) is 0 Å². The molecule has 0 aliphatic rings. The fraction of sp³-hybridized carbons (Fsp3) is 0.238. The molecule has 12 heteroatoms. The molecule has 1 aromatic carbocycles. The highest BCUT2D eigenvalue weighted by Crippen LogP contribution is 2.33. The van der Waals surface area contributed by atoms with Crippen LogP contribution in [0.15, 0.2) is 47.8 Å². The van der Waals surface area contributed by atoms with E-state index >= 15 is 0 Å². The van der Waals surface area contributed by atoms with Crippen molar-refractivity contribution in [3.8, 4) is 10.6 Å². The van der Waals surface area contributed by atoms with Gasteiger partial charge in [0.15, 0.2) is 0 Å². The number of pyridine rings is 1. The van der Waals surface area contributed by atoms with Crippen molar-refractivity contribution in [1.82, 2.24) is 10.3 Å². The van der Waals surface area contributed by atoms with Crippen LogP contribution >= 0.6 is 11.3 Å². The number of anilines is 1. The van der Waals surface area contributed by atoms with Gasteiger partial charge < -0.3 is 5.32 Å². The zero-order chi connectivity index (χ0) is 24.4. The van der Waals surface area contributed by atoms with Gasteiger partial charge in [-0.15, -0.1) is 11.3 Å². The Morgan fingerprint density at radius 3 is 2.48 bits per heavy atom. The van der Waals surface area contributed by atoms with Crippen LogP contribution in [0.2, 0.25) is 0 Å². The van der Waals surface area contributed by atoms with Crippen LogP contribution in [0.25, 0.3) is 10.6 Å². The molecule has 33 heavy (non-hydrogen) atoms. The highest BCUT2D eigenvalue weighted by molar-refractivity contribution is 7.92. The molecule has 2 N–H and O–H groups in total. The molecule has 0 fully saturated rings. The maximum Gasteiger partial charge on any atom is 0.433 e. The monoisotopic (exact) mass is 501 g/mol. The molecule has 1 unspecified atom stereocenters. The van der Waals surface area contributed by atoms with Gasteiger partial charge >= 0.3 is 6.18 Å². The van der Waals surface area contributed by atoms with E-state index in [9.17, 15) is 30.8 Å². The molecule has 3 aromatic rings. The topological polar surface area (TPSA) is 88.2 Å². The van der Waals surface area contributed by atoms with E-state index in [-0.39, 0.29) is 17.9 Å². The number of sulfonamides is 1. The molecule has 6 nitrogen and oxygen atoms in total. The lowest BCUT2D eigenvalue weighted by Gasteiger charge is -2.16. The van der Waals surface area contributed by atoms with E-state index in [0.717, 1.165) is 18.4 Å². The molecule has 1 amide bonds. The van der Waals surface area contributed by atoms with Crippen molar-refractivity contribution in [2.75, 3.05) is 11.0 Å². The summed E-state index contributed by atoms with van der Waals surface area (Å²) in [5.41, 5.74) is -0.467. The Hall–Kier alpha value is -2.99. The van der Waals surface area contributed by atoms with Crippen molar-refractivity contribution in [1.29, 1.82) is 0 Å². The summed E-state index contributed by atoms with van der Waals surface area (Å²) in [5.74, 6) is -2.14. The summed E-state index contributed by atoms with van der Waals surface area (Å²) in [7, 11) is -3.67. The van der Waals surface area contributed by atoms with Gasteiger partial charge in [-0.3, -0.25) is 9.52 Å². The summed E-state index contributed by atoms with van der Waals surface area (Å²) >= 11 is 1.22. The first-order chi connectivity index (χ1) is 15.3. The van der Waals surface area contributed by atoms with Gasteiger partial charge in [0.2, 0.25) is 15.9 Å². The predicted molar refractivity (Wildman–Crippen MR) is 118 cm³/mol. The minimum absolute atomic E-state index is 0.0856. The van der Waals surface area contributed by atoms with Gasteiger partial charge in [-0.1, -0.05) is 18.2 Å². The van der Waals surface area contributed by atoms with Gasteiger partial charge in [-0.25, -0.2) is 17.8 Å².